The number of hydrogen-bond donors (Lipinski definition) is 0. The molecule has 2 heteroatoms. The van der Waals surface area contributed by atoms with E-state index < -0.39 is 0 Å². The molecule has 18 heavy (non-hydrogen) atoms. The molecule has 1 nitrogen and oxygen atoms in total. The number of rotatable bonds is 5. The van der Waals surface area contributed by atoms with Gasteiger partial charge in [-0.2, -0.15) is 0 Å². The fourth-order valence-electron chi connectivity index (χ4n) is 1.82. The monoisotopic (exact) mass is 304 g/mol. The molecule has 94 valence electrons. The van der Waals surface area contributed by atoms with Crippen LogP contribution in [0.15, 0.2) is 53.0 Å². The van der Waals surface area contributed by atoms with Gasteiger partial charge in [0.05, 0.1) is 6.61 Å². The van der Waals surface area contributed by atoms with Crippen molar-refractivity contribution in [3.8, 4) is 5.75 Å². The summed E-state index contributed by atoms with van der Waals surface area (Å²) < 4.78 is 6.87. The Labute approximate surface area is 117 Å². The lowest BCUT2D eigenvalue weighted by molar-refractivity contribution is 0.311. The van der Waals surface area contributed by atoms with Crippen molar-refractivity contribution in [2.75, 3.05) is 6.61 Å². The van der Waals surface area contributed by atoms with Crippen LogP contribution >= 0.6 is 15.9 Å². The van der Waals surface area contributed by atoms with E-state index in [9.17, 15) is 0 Å². The van der Waals surface area contributed by atoms with Gasteiger partial charge < -0.3 is 4.74 Å². The molecule has 2 rings (SSSR count). The summed E-state index contributed by atoms with van der Waals surface area (Å²) in [5.41, 5.74) is 2.57. The smallest absolute Gasteiger partial charge is 0.119 e. The van der Waals surface area contributed by atoms with Gasteiger partial charge in [-0.25, -0.2) is 0 Å². The summed E-state index contributed by atoms with van der Waals surface area (Å²) >= 11 is 3.49. The Bertz CT molecular complexity index is 494. The van der Waals surface area contributed by atoms with Gasteiger partial charge >= 0.3 is 0 Å². The number of hydrogen-bond acceptors (Lipinski definition) is 1. The SMILES string of the molecule is Cc1cc(OCCCc2ccccc2)ccc1Br. The minimum Gasteiger partial charge on any atom is -0.494 e. The Morgan fingerprint density at radius 1 is 1.06 bits per heavy atom. The summed E-state index contributed by atoms with van der Waals surface area (Å²) in [7, 11) is 0. The van der Waals surface area contributed by atoms with Crippen LogP contribution in [0.5, 0.6) is 5.75 Å². The molecule has 0 amide bonds. The topological polar surface area (TPSA) is 9.23 Å². The third kappa shape index (κ3) is 3.88. The third-order valence-electron chi connectivity index (χ3n) is 2.85. The summed E-state index contributed by atoms with van der Waals surface area (Å²) in [5.74, 6) is 0.948. The highest BCUT2D eigenvalue weighted by Crippen LogP contribution is 2.21. The van der Waals surface area contributed by atoms with Crippen molar-refractivity contribution in [1.29, 1.82) is 0 Å². The average molecular weight is 305 g/mol. The zero-order valence-electron chi connectivity index (χ0n) is 10.5. The van der Waals surface area contributed by atoms with E-state index >= 15 is 0 Å². The Morgan fingerprint density at radius 3 is 2.56 bits per heavy atom. The molecule has 0 saturated heterocycles. The highest BCUT2D eigenvalue weighted by molar-refractivity contribution is 9.10. The molecule has 0 fully saturated rings. The van der Waals surface area contributed by atoms with Crippen molar-refractivity contribution in [2.45, 2.75) is 19.8 Å². The molecular formula is C16H17BrO. The van der Waals surface area contributed by atoms with E-state index in [1.165, 1.54) is 11.1 Å². The van der Waals surface area contributed by atoms with Crippen LogP contribution in [0.2, 0.25) is 0 Å². The van der Waals surface area contributed by atoms with Crippen LogP contribution in [0.1, 0.15) is 17.5 Å². The van der Waals surface area contributed by atoms with Crippen molar-refractivity contribution in [1.82, 2.24) is 0 Å². The predicted molar refractivity (Wildman–Crippen MR) is 79.1 cm³/mol. The molecule has 0 radical (unpaired) electrons. The molecule has 0 saturated carbocycles. The van der Waals surface area contributed by atoms with Gasteiger partial charge in [0.1, 0.15) is 5.75 Å². The quantitative estimate of drug-likeness (QED) is 0.723. The second kappa shape index (κ2) is 6.60. The van der Waals surface area contributed by atoms with E-state index in [-0.39, 0.29) is 0 Å². The summed E-state index contributed by atoms with van der Waals surface area (Å²) in [6.07, 6.45) is 2.11. The first-order chi connectivity index (χ1) is 8.75. The zero-order chi connectivity index (χ0) is 12.8. The van der Waals surface area contributed by atoms with E-state index in [0.29, 0.717) is 0 Å². The first-order valence-electron chi connectivity index (χ1n) is 6.18. The van der Waals surface area contributed by atoms with Crippen molar-refractivity contribution in [3.05, 3.63) is 64.1 Å². The summed E-state index contributed by atoms with van der Waals surface area (Å²) in [6, 6.07) is 16.6. The normalized spacial score (nSPS) is 10.3. The first-order valence-corrected chi connectivity index (χ1v) is 6.98. The van der Waals surface area contributed by atoms with Crippen LogP contribution in [0.25, 0.3) is 0 Å². The molecule has 0 atom stereocenters. The molecule has 2 aromatic carbocycles. The van der Waals surface area contributed by atoms with Crippen LogP contribution < -0.4 is 4.74 Å². The Balaban J connectivity index is 1.77. The summed E-state index contributed by atoms with van der Waals surface area (Å²) in [6.45, 7) is 2.83. The van der Waals surface area contributed by atoms with Crippen LogP contribution in [-0.2, 0) is 6.42 Å². The third-order valence-corrected chi connectivity index (χ3v) is 3.74. The average Bonchev–Trinajstić information content (AvgIpc) is 2.40. The zero-order valence-corrected chi connectivity index (χ0v) is 12.1. The number of aryl methyl sites for hydroxylation is 2. The van der Waals surface area contributed by atoms with Crippen molar-refractivity contribution >= 4 is 15.9 Å². The fraction of sp³-hybridized carbons (Fsp3) is 0.250. The number of ether oxygens (including phenoxy) is 1. The molecule has 0 unspecified atom stereocenters. The van der Waals surface area contributed by atoms with E-state index in [0.717, 1.165) is 29.7 Å². The lowest BCUT2D eigenvalue weighted by Gasteiger charge is -2.07. The van der Waals surface area contributed by atoms with Crippen LogP contribution in [0, 0.1) is 6.92 Å². The molecule has 0 N–H and O–H groups in total. The minimum atomic E-state index is 0.760. The van der Waals surface area contributed by atoms with Gasteiger partial charge in [-0.1, -0.05) is 46.3 Å². The van der Waals surface area contributed by atoms with Gasteiger partial charge in [-0.3, -0.25) is 0 Å². The van der Waals surface area contributed by atoms with Gasteiger partial charge in [-0.05, 0) is 49.1 Å². The standard InChI is InChI=1S/C16H17BrO/c1-13-12-15(9-10-16(13)17)18-11-5-8-14-6-3-2-4-7-14/h2-4,6-7,9-10,12H,5,8,11H2,1H3. The van der Waals surface area contributed by atoms with E-state index in [4.69, 9.17) is 4.74 Å². The van der Waals surface area contributed by atoms with Crippen molar-refractivity contribution in [3.63, 3.8) is 0 Å². The molecule has 0 aliphatic heterocycles. The van der Waals surface area contributed by atoms with Crippen LogP contribution in [0.3, 0.4) is 0 Å². The van der Waals surface area contributed by atoms with Gasteiger partial charge in [0, 0.05) is 4.47 Å². The molecule has 0 bridgehead atoms. The molecule has 0 spiro atoms. The highest BCUT2D eigenvalue weighted by atomic mass is 79.9. The minimum absolute atomic E-state index is 0.760. The van der Waals surface area contributed by atoms with Gasteiger partial charge in [-0.15, -0.1) is 0 Å². The second-order valence-corrected chi connectivity index (χ2v) is 5.20. The van der Waals surface area contributed by atoms with E-state index in [1.807, 2.05) is 18.2 Å². The lowest BCUT2D eigenvalue weighted by atomic mass is 10.1. The maximum Gasteiger partial charge on any atom is 0.119 e. The maximum atomic E-state index is 5.74. The van der Waals surface area contributed by atoms with Crippen molar-refractivity contribution < 1.29 is 4.74 Å². The summed E-state index contributed by atoms with van der Waals surface area (Å²) in [4.78, 5) is 0. The van der Waals surface area contributed by atoms with Crippen molar-refractivity contribution in [2.24, 2.45) is 0 Å². The second-order valence-electron chi connectivity index (χ2n) is 4.35. The molecule has 2 aromatic rings. The largest absolute Gasteiger partial charge is 0.494 e. The Kier molecular flexibility index (Phi) is 4.82. The lowest BCUT2D eigenvalue weighted by Crippen LogP contribution is -1.99. The first kappa shape index (κ1) is 13.2. The molecular weight excluding hydrogens is 288 g/mol. The van der Waals surface area contributed by atoms with Gasteiger partial charge in [0.25, 0.3) is 0 Å². The van der Waals surface area contributed by atoms with Gasteiger partial charge in [0.2, 0.25) is 0 Å². The van der Waals surface area contributed by atoms with E-state index in [1.54, 1.807) is 0 Å². The number of halogens is 1. The van der Waals surface area contributed by atoms with Crippen LogP contribution in [-0.4, -0.2) is 6.61 Å². The molecule has 0 heterocycles. The van der Waals surface area contributed by atoms with Crippen LogP contribution in [0.4, 0.5) is 0 Å². The van der Waals surface area contributed by atoms with E-state index in [2.05, 4.69) is 53.2 Å². The Morgan fingerprint density at radius 2 is 1.83 bits per heavy atom. The summed E-state index contributed by atoms with van der Waals surface area (Å²) in [5, 5.41) is 0. The highest BCUT2D eigenvalue weighted by Gasteiger charge is 1.98. The molecule has 0 aliphatic rings. The molecule has 0 aromatic heterocycles. The number of benzene rings is 2. The van der Waals surface area contributed by atoms with Gasteiger partial charge in [0.15, 0.2) is 0 Å². The Hall–Kier alpha value is -1.28. The fourth-order valence-corrected chi connectivity index (χ4v) is 2.06. The maximum absolute atomic E-state index is 5.74. The molecule has 0 aliphatic carbocycles. The predicted octanol–water partition coefficient (Wildman–Crippen LogP) is 4.77.